The minimum atomic E-state index is 0.626. The maximum atomic E-state index is 3.27. The summed E-state index contributed by atoms with van der Waals surface area (Å²) in [6.45, 7) is 11.3. The summed E-state index contributed by atoms with van der Waals surface area (Å²) < 4.78 is 0. The van der Waals surface area contributed by atoms with E-state index in [-0.39, 0.29) is 0 Å². The van der Waals surface area contributed by atoms with E-state index in [2.05, 4.69) is 37.9 Å². The van der Waals surface area contributed by atoms with Crippen LogP contribution in [-0.2, 0) is 0 Å². The van der Waals surface area contributed by atoms with E-state index in [1.807, 2.05) is 7.05 Å². The van der Waals surface area contributed by atoms with Crippen LogP contribution >= 0.6 is 0 Å². The van der Waals surface area contributed by atoms with Gasteiger partial charge in [0, 0.05) is 12.1 Å². The van der Waals surface area contributed by atoms with Gasteiger partial charge in [0.05, 0.1) is 0 Å². The van der Waals surface area contributed by atoms with E-state index in [1.54, 1.807) is 0 Å². The Bertz CT molecular complexity index is 100. The summed E-state index contributed by atoms with van der Waals surface area (Å²) in [6.07, 6.45) is 1.23. The van der Waals surface area contributed by atoms with Gasteiger partial charge in [-0.3, -0.25) is 0 Å². The lowest BCUT2D eigenvalue weighted by atomic mass is 10.1. The Morgan fingerprint density at radius 2 is 1.67 bits per heavy atom. The van der Waals surface area contributed by atoms with Crippen molar-refractivity contribution in [2.75, 3.05) is 20.1 Å². The van der Waals surface area contributed by atoms with Crippen LogP contribution < -0.4 is 5.32 Å². The number of nitrogens with zero attached hydrogens (tertiary/aromatic N) is 1. The first-order chi connectivity index (χ1) is 5.65. The van der Waals surface area contributed by atoms with Crippen molar-refractivity contribution < 1.29 is 0 Å². The van der Waals surface area contributed by atoms with Crippen LogP contribution in [0.25, 0.3) is 0 Å². The zero-order chi connectivity index (χ0) is 9.56. The zero-order valence-electron chi connectivity index (χ0n) is 9.22. The fraction of sp³-hybridized carbons (Fsp3) is 1.00. The highest BCUT2D eigenvalue weighted by Gasteiger charge is 2.12. The molecule has 2 nitrogen and oxygen atoms in total. The molecule has 0 aliphatic heterocycles. The molecule has 12 heavy (non-hydrogen) atoms. The highest BCUT2D eigenvalue weighted by atomic mass is 15.1. The lowest BCUT2D eigenvalue weighted by molar-refractivity contribution is 0.209. The van der Waals surface area contributed by atoms with Gasteiger partial charge in [-0.2, -0.15) is 0 Å². The fourth-order valence-electron chi connectivity index (χ4n) is 1.63. The quantitative estimate of drug-likeness (QED) is 0.656. The molecule has 0 spiro atoms. The molecule has 0 saturated heterocycles. The summed E-state index contributed by atoms with van der Waals surface area (Å²) in [5.41, 5.74) is 0. The van der Waals surface area contributed by atoms with Crippen LogP contribution in [0.4, 0.5) is 0 Å². The monoisotopic (exact) mass is 172 g/mol. The van der Waals surface area contributed by atoms with Crippen LogP contribution in [-0.4, -0.2) is 37.1 Å². The molecule has 2 unspecified atom stereocenters. The van der Waals surface area contributed by atoms with Gasteiger partial charge >= 0.3 is 0 Å². The van der Waals surface area contributed by atoms with Gasteiger partial charge in [-0.15, -0.1) is 0 Å². The van der Waals surface area contributed by atoms with Crippen molar-refractivity contribution in [3.63, 3.8) is 0 Å². The lowest BCUT2D eigenvalue weighted by Gasteiger charge is -2.28. The number of rotatable bonds is 6. The molecular weight excluding hydrogens is 148 g/mol. The molecular formula is C10H24N2. The Morgan fingerprint density at radius 3 is 2.00 bits per heavy atom. The second-order valence-corrected chi connectivity index (χ2v) is 3.50. The third-order valence-electron chi connectivity index (χ3n) is 2.62. The largest absolute Gasteiger partial charge is 0.317 e. The van der Waals surface area contributed by atoms with Gasteiger partial charge in [-0.1, -0.05) is 13.8 Å². The van der Waals surface area contributed by atoms with Crippen LogP contribution in [0.2, 0.25) is 0 Å². The van der Waals surface area contributed by atoms with Crippen molar-refractivity contribution in [2.24, 2.45) is 0 Å². The van der Waals surface area contributed by atoms with Gasteiger partial charge in [0.15, 0.2) is 0 Å². The molecule has 0 aliphatic rings. The van der Waals surface area contributed by atoms with E-state index in [1.165, 1.54) is 6.42 Å². The Kier molecular flexibility index (Phi) is 6.39. The van der Waals surface area contributed by atoms with Gasteiger partial charge in [-0.25, -0.2) is 0 Å². The predicted octanol–water partition coefficient (Wildman–Crippen LogP) is 1.71. The van der Waals surface area contributed by atoms with E-state index < -0.39 is 0 Å². The first-order valence-electron chi connectivity index (χ1n) is 5.06. The maximum absolute atomic E-state index is 3.27. The normalized spacial score (nSPS) is 16.5. The Labute approximate surface area is 77.3 Å². The third-order valence-corrected chi connectivity index (χ3v) is 2.62. The molecule has 0 saturated carbocycles. The Morgan fingerprint density at radius 1 is 1.17 bits per heavy atom. The first-order valence-corrected chi connectivity index (χ1v) is 5.06. The smallest absolute Gasteiger partial charge is 0.00813 e. The van der Waals surface area contributed by atoms with Gasteiger partial charge in [0.1, 0.15) is 0 Å². The molecule has 74 valence electrons. The lowest BCUT2D eigenvalue weighted by Crippen LogP contribution is -2.37. The first kappa shape index (κ1) is 11.9. The molecule has 0 aromatic rings. The zero-order valence-corrected chi connectivity index (χ0v) is 9.22. The SMILES string of the molecule is CCN(CC)C(C)CC(C)NC. The topological polar surface area (TPSA) is 15.3 Å². The van der Waals surface area contributed by atoms with E-state index in [4.69, 9.17) is 0 Å². The molecule has 0 radical (unpaired) electrons. The molecule has 2 atom stereocenters. The number of hydrogen-bond acceptors (Lipinski definition) is 2. The van der Waals surface area contributed by atoms with Crippen molar-refractivity contribution in [3.8, 4) is 0 Å². The van der Waals surface area contributed by atoms with E-state index >= 15 is 0 Å². The number of nitrogens with one attached hydrogen (secondary N) is 1. The molecule has 0 aromatic heterocycles. The summed E-state index contributed by atoms with van der Waals surface area (Å²) in [7, 11) is 2.03. The summed E-state index contributed by atoms with van der Waals surface area (Å²) in [5.74, 6) is 0. The Hall–Kier alpha value is -0.0800. The average Bonchev–Trinajstić information content (AvgIpc) is 2.06. The standard InChI is InChI=1S/C10H24N2/c1-6-12(7-2)10(4)8-9(3)11-5/h9-11H,6-8H2,1-5H3. The van der Waals surface area contributed by atoms with Crippen molar-refractivity contribution in [3.05, 3.63) is 0 Å². The van der Waals surface area contributed by atoms with Crippen molar-refractivity contribution in [2.45, 2.75) is 46.2 Å². The van der Waals surface area contributed by atoms with Crippen molar-refractivity contribution in [1.29, 1.82) is 0 Å². The summed E-state index contributed by atoms with van der Waals surface area (Å²) in [6, 6.07) is 1.32. The molecule has 0 amide bonds. The summed E-state index contributed by atoms with van der Waals surface area (Å²) in [4.78, 5) is 2.49. The minimum absolute atomic E-state index is 0.626. The van der Waals surface area contributed by atoms with Crippen LogP contribution in [0.1, 0.15) is 34.1 Å². The minimum Gasteiger partial charge on any atom is -0.317 e. The molecule has 0 bridgehead atoms. The average molecular weight is 172 g/mol. The summed E-state index contributed by atoms with van der Waals surface area (Å²) >= 11 is 0. The summed E-state index contributed by atoms with van der Waals surface area (Å²) in [5, 5.41) is 3.27. The van der Waals surface area contributed by atoms with Crippen LogP contribution in [0.15, 0.2) is 0 Å². The highest BCUT2D eigenvalue weighted by Crippen LogP contribution is 2.05. The highest BCUT2D eigenvalue weighted by molar-refractivity contribution is 4.70. The molecule has 0 aliphatic carbocycles. The van der Waals surface area contributed by atoms with Gasteiger partial charge in [0.25, 0.3) is 0 Å². The van der Waals surface area contributed by atoms with Crippen LogP contribution in [0, 0.1) is 0 Å². The van der Waals surface area contributed by atoms with E-state index in [9.17, 15) is 0 Å². The Balaban J connectivity index is 3.75. The van der Waals surface area contributed by atoms with Crippen molar-refractivity contribution >= 4 is 0 Å². The van der Waals surface area contributed by atoms with Crippen LogP contribution in [0.5, 0.6) is 0 Å². The van der Waals surface area contributed by atoms with Gasteiger partial charge in [-0.05, 0) is 40.4 Å². The molecule has 0 fully saturated rings. The predicted molar refractivity (Wildman–Crippen MR) is 55.5 cm³/mol. The second-order valence-electron chi connectivity index (χ2n) is 3.50. The van der Waals surface area contributed by atoms with E-state index in [0.717, 1.165) is 13.1 Å². The molecule has 0 aromatic carbocycles. The second kappa shape index (κ2) is 6.44. The number of hydrogen-bond donors (Lipinski definition) is 1. The maximum Gasteiger partial charge on any atom is 0.00813 e. The molecule has 1 N–H and O–H groups in total. The van der Waals surface area contributed by atoms with Gasteiger partial charge < -0.3 is 10.2 Å². The molecule has 2 heteroatoms. The third kappa shape index (κ3) is 4.07. The molecule has 0 heterocycles. The van der Waals surface area contributed by atoms with E-state index in [0.29, 0.717) is 12.1 Å². The molecule has 0 rings (SSSR count). The van der Waals surface area contributed by atoms with Gasteiger partial charge in [0.2, 0.25) is 0 Å². The fourth-order valence-corrected chi connectivity index (χ4v) is 1.63. The van der Waals surface area contributed by atoms with Crippen molar-refractivity contribution in [1.82, 2.24) is 10.2 Å². The van der Waals surface area contributed by atoms with Crippen LogP contribution in [0.3, 0.4) is 0 Å².